The molecule has 0 aromatic rings. The number of nitrogens with zero attached hydrogens (tertiary/aromatic N) is 3. The van der Waals surface area contributed by atoms with Crippen molar-refractivity contribution in [2.45, 2.75) is 50.8 Å². The van der Waals surface area contributed by atoms with E-state index in [1.807, 2.05) is 6.21 Å². The van der Waals surface area contributed by atoms with E-state index < -0.39 is 0 Å². The van der Waals surface area contributed by atoms with Crippen molar-refractivity contribution < 1.29 is 9.84 Å². The normalized spacial score (nSPS) is 32.2. The lowest BCUT2D eigenvalue weighted by molar-refractivity contribution is 0.105. The minimum Gasteiger partial charge on any atom is -0.395 e. The van der Waals surface area contributed by atoms with Crippen molar-refractivity contribution in [1.82, 2.24) is 15.1 Å². The van der Waals surface area contributed by atoms with E-state index in [-0.39, 0.29) is 18.1 Å². The first kappa shape index (κ1) is 22.3. The molecule has 1 aliphatic carbocycles. The van der Waals surface area contributed by atoms with Crippen molar-refractivity contribution in [1.29, 1.82) is 0 Å². The first-order chi connectivity index (χ1) is 14.5. The van der Waals surface area contributed by atoms with Gasteiger partial charge in [0.15, 0.2) is 0 Å². The third kappa shape index (κ3) is 4.95. The van der Waals surface area contributed by atoms with Gasteiger partial charge in [0.1, 0.15) is 5.91 Å². The third-order valence-electron chi connectivity index (χ3n) is 6.94. The van der Waals surface area contributed by atoms with E-state index in [1.54, 1.807) is 0 Å². The minimum atomic E-state index is -0.151. The highest BCUT2D eigenvalue weighted by molar-refractivity contribution is 7.42. The lowest BCUT2D eigenvalue weighted by atomic mass is 9.90. The molecule has 4 aliphatic rings. The maximum Gasteiger partial charge on any atom is 0.122 e. The Morgan fingerprint density at radius 2 is 2.13 bits per heavy atom. The molecule has 0 bridgehead atoms. The maximum atomic E-state index is 9.09. The van der Waals surface area contributed by atoms with Gasteiger partial charge in [-0.25, -0.2) is 0 Å². The zero-order valence-electron chi connectivity index (χ0n) is 18.6. The van der Waals surface area contributed by atoms with Crippen LogP contribution in [0.1, 0.15) is 27.2 Å². The Bertz CT molecular complexity index is 725. The standard InChI is InChI=1S/C23H37N4O2P/c1-17(19-5-4-18-6-13-29-21(18)14-19)26-8-10-27(11-9-26)22-24-15-20(16-30-22)23(2,3)25-7-12-28/h4-5,14-18,21-22,25,28,30H,6-13H2,1-3H3. The van der Waals surface area contributed by atoms with E-state index in [4.69, 9.17) is 14.8 Å². The molecule has 2 N–H and O–H groups in total. The Kier molecular flexibility index (Phi) is 7.23. The zero-order chi connectivity index (χ0) is 21.1. The van der Waals surface area contributed by atoms with E-state index in [9.17, 15) is 0 Å². The van der Waals surface area contributed by atoms with Gasteiger partial charge >= 0.3 is 0 Å². The van der Waals surface area contributed by atoms with Crippen molar-refractivity contribution >= 4 is 14.8 Å². The van der Waals surface area contributed by atoms with Crippen molar-refractivity contribution in [3.8, 4) is 0 Å². The fraction of sp³-hybridized carbons (Fsp3) is 0.696. The molecule has 7 heteroatoms. The number of piperazine rings is 1. The molecule has 0 spiro atoms. The fourth-order valence-electron chi connectivity index (χ4n) is 4.75. The summed E-state index contributed by atoms with van der Waals surface area (Å²) in [4.78, 5) is 10.0. The Hall–Kier alpha value is -0.880. The van der Waals surface area contributed by atoms with Gasteiger partial charge < -0.3 is 15.2 Å². The number of ether oxygens (including phenoxy) is 1. The second-order valence-electron chi connectivity index (χ2n) is 9.26. The van der Waals surface area contributed by atoms with Crippen LogP contribution in [0.2, 0.25) is 0 Å². The van der Waals surface area contributed by atoms with E-state index in [1.165, 1.54) is 11.1 Å². The molecule has 5 atom stereocenters. The van der Waals surface area contributed by atoms with Crippen LogP contribution in [0.15, 0.2) is 40.2 Å². The van der Waals surface area contributed by atoms with Crippen LogP contribution in [-0.4, -0.2) is 90.7 Å². The molecule has 30 heavy (non-hydrogen) atoms. The van der Waals surface area contributed by atoms with E-state index in [2.05, 4.69) is 59.9 Å². The largest absolute Gasteiger partial charge is 0.395 e. The average Bonchev–Trinajstić information content (AvgIpc) is 3.25. The molecule has 5 unspecified atom stereocenters. The van der Waals surface area contributed by atoms with E-state index >= 15 is 0 Å². The molecule has 3 aliphatic heterocycles. The van der Waals surface area contributed by atoms with Crippen LogP contribution in [0.4, 0.5) is 0 Å². The highest BCUT2D eigenvalue weighted by Crippen LogP contribution is 2.34. The Balaban J connectivity index is 1.27. The zero-order valence-corrected chi connectivity index (χ0v) is 19.6. The number of aliphatic hydroxyl groups excluding tert-OH is 1. The summed E-state index contributed by atoms with van der Waals surface area (Å²) in [6.07, 6.45) is 10.5. The molecular formula is C23H37N4O2P. The molecular weight excluding hydrogens is 395 g/mol. The summed E-state index contributed by atoms with van der Waals surface area (Å²) in [5.41, 5.74) is 2.48. The smallest absolute Gasteiger partial charge is 0.122 e. The topological polar surface area (TPSA) is 60.3 Å². The lowest BCUT2D eigenvalue weighted by Gasteiger charge is -2.41. The number of aliphatic hydroxyl groups is 1. The number of rotatable bonds is 7. The molecule has 166 valence electrons. The molecule has 6 nitrogen and oxygen atoms in total. The van der Waals surface area contributed by atoms with Gasteiger partial charge in [-0.05, 0) is 38.3 Å². The molecule has 0 saturated carbocycles. The van der Waals surface area contributed by atoms with E-state index in [0.29, 0.717) is 33.2 Å². The molecule has 0 radical (unpaired) electrons. The van der Waals surface area contributed by atoms with Crippen molar-refractivity contribution in [2.75, 3.05) is 45.9 Å². The predicted molar refractivity (Wildman–Crippen MR) is 126 cm³/mol. The van der Waals surface area contributed by atoms with Crippen LogP contribution in [0.3, 0.4) is 0 Å². The fourth-order valence-corrected chi connectivity index (χ4v) is 6.15. The lowest BCUT2D eigenvalue weighted by Crippen LogP contribution is -2.52. The molecule has 3 heterocycles. The summed E-state index contributed by atoms with van der Waals surface area (Å²) < 4.78 is 5.88. The second kappa shape index (κ2) is 9.72. The predicted octanol–water partition coefficient (Wildman–Crippen LogP) is 2.18. The van der Waals surface area contributed by atoms with Crippen molar-refractivity contribution in [3.63, 3.8) is 0 Å². The van der Waals surface area contributed by atoms with Crippen LogP contribution < -0.4 is 5.32 Å². The number of β-amino-alcohol motifs (C(OH)–C–C–N with tert-alkyl or cyclic N) is 1. The summed E-state index contributed by atoms with van der Waals surface area (Å²) in [7, 11) is 0.680. The molecule has 0 amide bonds. The monoisotopic (exact) mass is 432 g/mol. The van der Waals surface area contributed by atoms with Gasteiger partial charge in [0, 0.05) is 63.0 Å². The number of aliphatic imine (C=N–C) groups is 1. The van der Waals surface area contributed by atoms with Gasteiger partial charge in [0.2, 0.25) is 0 Å². The van der Waals surface area contributed by atoms with Crippen LogP contribution in [0.5, 0.6) is 0 Å². The van der Waals surface area contributed by atoms with Crippen LogP contribution in [-0.2, 0) is 4.74 Å². The minimum absolute atomic E-state index is 0.151. The van der Waals surface area contributed by atoms with Crippen molar-refractivity contribution in [3.05, 3.63) is 35.2 Å². The number of hydrogen-bond donors (Lipinski definition) is 2. The highest BCUT2D eigenvalue weighted by Gasteiger charge is 2.32. The first-order valence-corrected chi connectivity index (χ1v) is 12.5. The number of nitrogens with one attached hydrogen (secondary N) is 1. The van der Waals surface area contributed by atoms with Gasteiger partial charge in [0.05, 0.1) is 12.7 Å². The molecule has 0 aromatic heterocycles. The molecule has 4 rings (SSSR count). The summed E-state index contributed by atoms with van der Waals surface area (Å²) in [6, 6.07) is 0.441. The van der Waals surface area contributed by atoms with Gasteiger partial charge in [-0.3, -0.25) is 14.8 Å². The number of hydrogen-bond acceptors (Lipinski definition) is 6. The summed E-state index contributed by atoms with van der Waals surface area (Å²) in [5, 5.41) is 12.5. The third-order valence-corrected chi connectivity index (χ3v) is 8.23. The highest BCUT2D eigenvalue weighted by atomic mass is 31.1. The average molecular weight is 433 g/mol. The quantitative estimate of drug-likeness (QED) is 0.604. The SMILES string of the molecule is CC(C1=CC2OCCC2C=C1)N1CCN(C2N=CC(C(C)(C)NCCO)=CP2)CC1. The summed E-state index contributed by atoms with van der Waals surface area (Å²) in [6.45, 7) is 12.6. The first-order valence-electron chi connectivity index (χ1n) is 11.3. The van der Waals surface area contributed by atoms with E-state index in [0.717, 1.165) is 39.2 Å². The van der Waals surface area contributed by atoms with Crippen LogP contribution in [0, 0.1) is 5.92 Å². The van der Waals surface area contributed by atoms with Crippen molar-refractivity contribution in [2.24, 2.45) is 10.9 Å². The Morgan fingerprint density at radius 1 is 1.33 bits per heavy atom. The van der Waals surface area contributed by atoms with Crippen LogP contribution >= 0.6 is 8.58 Å². The molecule has 2 fully saturated rings. The van der Waals surface area contributed by atoms with Gasteiger partial charge in [-0.2, -0.15) is 0 Å². The number of fused-ring (bicyclic) bond motifs is 1. The molecule has 2 saturated heterocycles. The van der Waals surface area contributed by atoms with Gasteiger partial charge in [-0.1, -0.05) is 32.6 Å². The second-order valence-corrected chi connectivity index (χ2v) is 10.4. The Labute approximate surface area is 182 Å². The van der Waals surface area contributed by atoms with Gasteiger partial charge in [0.25, 0.3) is 0 Å². The molecule has 0 aromatic carbocycles. The summed E-state index contributed by atoms with van der Waals surface area (Å²) >= 11 is 0. The van der Waals surface area contributed by atoms with Crippen LogP contribution in [0.25, 0.3) is 0 Å². The maximum absolute atomic E-state index is 9.09. The van der Waals surface area contributed by atoms with Gasteiger partial charge in [-0.15, -0.1) is 0 Å². The Morgan fingerprint density at radius 3 is 2.83 bits per heavy atom. The summed E-state index contributed by atoms with van der Waals surface area (Å²) in [5.74, 6) is 3.21.